The molecule has 0 aliphatic rings. The van der Waals surface area contributed by atoms with Gasteiger partial charge in [-0.25, -0.2) is 4.79 Å². The van der Waals surface area contributed by atoms with Gasteiger partial charge in [-0.3, -0.25) is 0 Å². The SMILES string of the molecule is C=C(C(=O)OC)[C@](O[SiH](C)C)(C(OC)OC)C(C)(C)C. The second kappa shape index (κ2) is 7.35. The van der Waals surface area contributed by atoms with Crippen LogP contribution in [0.4, 0.5) is 0 Å². The molecule has 0 heterocycles. The van der Waals surface area contributed by atoms with E-state index in [9.17, 15) is 4.79 Å². The van der Waals surface area contributed by atoms with Crippen LogP contribution in [0.3, 0.4) is 0 Å². The molecule has 0 bridgehead atoms. The van der Waals surface area contributed by atoms with Crippen molar-refractivity contribution in [1.82, 2.24) is 0 Å². The molecule has 118 valence electrons. The van der Waals surface area contributed by atoms with Gasteiger partial charge < -0.3 is 18.6 Å². The van der Waals surface area contributed by atoms with Gasteiger partial charge in [0.15, 0.2) is 15.3 Å². The minimum atomic E-state index is -1.52. The number of rotatable bonds is 7. The van der Waals surface area contributed by atoms with E-state index in [2.05, 4.69) is 6.58 Å². The van der Waals surface area contributed by atoms with Crippen LogP contribution in [0, 0.1) is 5.41 Å². The fourth-order valence-corrected chi connectivity index (χ4v) is 3.68. The van der Waals surface area contributed by atoms with Gasteiger partial charge in [0.2, 0.25) is 0 Å². The zero-order chi connectivity index (χ0) is 16.1. The first-order valence-corrected chi connectivity index (χ1v) is 9.37. The van der Waals surface area contributed by atoms with Crippen LogP contribution in [0.25, 0.3) is 0 Å². The summed E-state index contributed by atoms with van der Waals surface area (Å²) in [6.45, 7) is 13.8. The van der Waals surface area contributed by atoms with E-state index in [0.29, 0.717) is 0 Å². The first-order valence-electron chi connectivity index (χ1n) is 6.59. The van der Waals surface area contributed by atoms with Crippen molar-refractivity contribution in [1.29, 1.82) is 0 Å². The lowest BCUT2D eigenvalue weighted by molar-refractivity contribution is -0.225. The predicted octanol–water partition coefficient (Wildman–Crippen LogP) is 2.12. The summed E-state index contributed by atoms with van der Waals surface area (Å²) in [6.07, 6.45) is -0.746. The summed E-state index contributed by atoms with van der Waals surface area (Å²) < 4.78 is 21.9. The Labute approximate surface area is 124 Å². The fourth-order valence-electron chi connectivity index (χ4n) is 2.33. The van der Waals surface area contributed by atoms with Gasteiger partial charge in [-0.15, -0.1) is 0 Å². The fraction of sp³-hybridized carbons (Fsp3) is 0.786. The van der Waals surface area contributed by atoms with Crippen LogP contribution in [0.15, 0.2) is 12.2 Å². The molecule has 0 saturated carbocycles. The molecular formula is C14H28O5Si. The number of hydrogen-bond donors (Lipinski definition) is 0. The van der Waals surface area contributed by atoms with Crippen LogP contribution in [-0.2, 0) is 23.4 Å². The first kappa shape index (κ1) is 19.3. The molecule has 1 atom stereocenters. The van der Waals surface area contributed by atoms with Gasteiger partial charge in [0.25, 0.3) is 0 Å². The first-order chi connectivity index (χ1) is 9.08. The molecule has 0 aliphatic carbocycles. The van der Waals surface area contributed by atoms with Gasteiger partial charge in [-0.1, -0.05) is 27.4 Å². The topological polar surface area (TPSA) is 54.0 Å². The Hall–Kier alpha value is -0.693. The molecule has 0 amide bonds. The van der Waals surface area contributed by atoms with Crippen molar-refractivity contribution in [2.75, 3.05) is 21.3 Å². The minimum Gasteiger partial charge on any atom is -0.466 e. The highest BCUT2D eigenvalue weighted by molar-refractivity contribution is 6.48. The van der Waals surface area contributed by atoms with Crippen molar-refractivity contribution >= 4 is 15.0 Å². The maximum atomic E-state index is 12.0. The van der Waals surface area contributed by atoms with E-state index >= 15 is 0 Å². The Morgan fingerprint density at radius 2 is 1.55 bits per heavy atom. The molecule has 0 aromatic heterocycles. The minimum absolute atomic E-state index is 0.211. The van der Waals surface area contributed by atoms with Gasteiger partial charge in [0.1, 0.15) is 5.60 Å². The van der Waals surface area contributed by atoms with Crippen LogP contribution in [0.2, 0.25) is 13.1 Å². The summed E-state index contributed by atoms with van der Waals surface area (Å²) in [6, 6.07) is 0. The largest absolute Gasteiger partial charge is 0.466 e. The molecule has 0 aromatic carbocycles. The number of ether oxygens (including phenoxy) is 3. The molecule has 20 heavy (non-hydrogen) atoms. The molecule has 5 nitrogen and oxygen atoms in total. The van der Waals surface area contributed by atoms with E-state index in [-0.39, 0.29) is 5.57 Å². The lowest BCUT2D eigenvalue weighted by Crippen LogP contribution is -2.60. The van der Waals surface area contributed by atoms with E-state index in [1.807, 2.05) is 33.9 Å². The third kappa shape index (κ3) is 3.69. The summed E-state index contributed by atoms with van der Waals surface area (Å²) in [5.74, 6) is -0.520. The Morgan fingerprint density at radius 1 is 1.10 bits per heavy atom. The Balaban J connectivity index is 6.05. The third-order valence-electron chi connectivity index (χ3n) is 3.18. The lowest BCUT2D eigenvalue weighted by atomic mass is 9.71. The van der Waals surface area contributed by atoms with Gasteiger partial charge in [-0.05, 0) is 18.5 Å². The average molecular weight is 304 g/mol. The number of esters is 1. The molecule has 0 aliphatic heterocycles. The molecule has 0 rings (SSSR count). The number of hydrogen-bond acceptors (Lipinski definition) is 5. The van der Waals surface area contributed by atoms with Gasteiger partial charge in [0.05, 0.1) is 12.7 Å². The summed E-state index contributed by atoms with van der Waals surface area (Å²) in [5.41, 5.74) is -1.35. The van der Waals surface area contributed by atoms with Crippen molar-refractivity contribution in [3.8, 4) is 0 Å². The monoisotopic (exact) mass is 304 g/mol. The third-order valence-corrected chi connectivity index (χ3v) is 4.02. The molecule has 0 radical (unpaired) electrons. The van der Waals surface area contributed by atoms with Crippen molar-refractivity contribution in [3.05, 3.63) is 12.2 Å². The van der Waals surface area contributed by atoms with Gasteiger partial charge in [0, 0.05) is 14.2 Å². The van der Waals surface area contributed by atoms with Crippen molar-refractivity contribution < 1.29 is 23.4 Å². The number of carbonyl (C=O) groups excluding carboxylic acids is 1. The van der Waals surface area contributed by atoms with E-state index in [0.717, 1.165) is 0 Å². The molecule has 0 unspecified atom stereocenters. The van der Waals surface area contributed by atoms with E-state index in [1.54, 1.807) is 0 Å². The maximum absolute atomic E-state index is 12.0. The quantitative estimate of drug-likeness (QED) is 0.312. The van der Waals surface area contributed by atoms with Crippen molar-refractivity contribution in [2.45, 2.75) is 45.8 Å². The summed E-state index contributed by atoms with van der Waals surface area (Å²) >= 11 is 0. The molecule has 0 spiro atoms. The van der Waals surface area contributed by atoms with Crippen LogP contribution in [0.5, 0.6) is 0 Å². The van der Waals surface area contributed by atoms with E-state index in [4.69, 9.17) is 18.6 Å². The zero-order valence-corrected chi connectivity index (χ0v) is 15.1. The highest BCUT2D eigenvalue weighted by Gasteiger charge is 2.55. The molecule has 6 heteroatoms. The standard InChI is InChI=1S/C14H28O5Si/c1-10(11(15)16-5)14(13(2,3)4,19-20(8)9)12(17-6)18-7/h12,20H,1H2,2-9H3/t14-/m0/s1. The number of methoxy groups -OCH3 is 3. The molecule has 0 aromatic rings. The lowest BCUT2D eigenvalue weighted by Gasteiger charge is -2.49. The number of carbonyl (C=O) groups is 1. The summed E-state index contributed by atoms with van der Waals surface area (Å²) in [7, 11) is 2.84. The Bertz CT molecular complexity index is 344. The normalized spacial score (nSPS) is 15.3. The Morgan fingerprint density at radius 3 is 1.80 bits per heavy atom. The molecule has 0 fully saturated rings. The molecule has 0 saturated heterocycles. The van der Waals surface area contributed by atoms with E-state index in [1.165, 1.54) is 21.3 Å². The second-order valence-corrected chi connectivity index (χ2v) is 8.26. The smallest absolute Gasteiger partial charge is 0.336 e. The van der Waals surface area contributed by atoms with E-state index < -0.39 is 32.3 Å². The molecule has 0 N–H and O–H groups in total. The second-order valence-electron chi connectivity index (χ2n) is 5.93. The van der Waals surface area contributed by atoms with Crippen LogP contribution in [0.1, 0.15) is 20.8 Å². The van der Waals surface area contributed by atoms with Crippen molar-refractivity contribution in [2.24, 2.45) is 5.41 Å². The van der Waals surface area contributed by atoms with Gasteiger partial charge in [-0.2, -0.15) is 0 Å². The van der Waals surface area contributed by atoms with Crippen LogP contribution < -0.4 is 0 Å². The highest BCUT2D eigenvalue weighted by Crippen LogP contribution is 2.44. The zero-order valence-electron chi connectivity index (χ0n) is 13.9. The average Bonchev–Trinajstić information content (AvgIpc) is 2.35. The highest BCUT2D eigenvalue weighted by atomic mass is 28.3. The maximum Gasteiger partial charge on any atom is 0.336 e. The summed E-state index contributed by atoms with van der Waals surface area (Å²) in [4.78, 5) is 12.0. The molecular weight excluding hydrogens is 276 g/mol. The Kier molecular flexibility index (Phi) is 7.10. The van der Waals surface area contributed by atoms with Crippen LogP contribution >= 0.6 is 0 Å². The van der Waals surface area contributed by atoms with Crippen LogP contribution in [-0.4, -0.2) is 48.2 Å². The van der Waals surface area contributed by atoms with Gasteiger partial charge >= 0.3 is 5.97 Å². The predicted molar refractivity (Wildman–Crippen MR) is 81.1 cm³/mol. The van der Waals surface area contributed by atoms with Crippen molar-refractivity contribution in [3.63, 3.8) is 0 Å². The summed E-state index contributed by atoms with van der Waals surface area (Å²) in [5, 5.41) is 0.